The molecule has 110 valence electrons. The number of hydrogen-bond donors (Lipinski definition) is 0. The molecular weight excluding hydrogens is 260 g/mol. The molecule has 1 aliphatic rings. The molecule has 0 N–H and O–H groups in total. The molecule has 0 aromatic heterocycles. The zero-order valence-electron chi connectivity index (χ0n) is 12.8. The fourth-order valence-electron chi connectivity index (χ4n) is 3.27. The minimum Gasteiger partial charge on any atom is -0.493 e. The number of hydrogen-bond acceptors (Lipinski definition) is 2. The van der Waals surface area contributed by atoms with Crippen LogP contribution in [0.2, 0.25) is 0 Å². The summed E-state index contributed by atoms with van der Waals surface area (Å²) in [6.07, 6.45) is 3.69. The lowest BCUT2D eigenvalue weighted by Crippen LogP contribution is -2.35. The first-order valence-electron chi connectivity index (χ1n) is 7.67. The van der Waals surface area contributed by atoms with E-state index in [0.29, 0.717) is 6.61 Å². The number of rotatable bonds is 5. The average Bonchev–Trinajstić information content (AvgIpc) is 2.48. The summed E-state index contributed by atoms with van der Waals surface area (Å²) in [5.41, 5.74) is 2.90. The van der Waals surface area contributed by atoms with E-state index < -0.39 is 0 Å². The molecule has 0 atom stereocenters. The van der Waals surface area contributed by atoms with Gasteiger partial charge in [0.1, 0.15) is 0 Å². The van der Waals surface area contributed by atoms with E-state index in [1.165, 1.54) is 30.4 Å². The minimum atomic E-state index is 0.152. The van der Waals surface area contributed by atoms with Gasteiger partial charge in [0.05, 0.1) is 13.7 Å². The summed E-state index contributed by atoms with van der Waals surface area (Å²) in [7, 11) is 1.69. The first kappa shape index (κ1) is 14.0. The van der Waals surface area contributed by atoms with Gasteiger partial charge in [0, 0.05) is 5.41 Å². The molecule has 0 aliphatic heterocycles. The van der Waals surface area contributed by atoms with Crippen LogP contribution in [0.4, 0.5) is 0 Å². The van der Waals surface area contributed by atoms with Crippen LogP contribution in [0.15, 0.2) is 48.5 Å². The Morgan fingerprint density at radius 3 is 2.29 bits per heavy atom. The summed E-state index contributed by atoms with van der Waals surface area (Å²) in [5, 5.41) is 0. The van der Waals surface area contributed by atoms with Crippen molar-refractivity contribution in [2.75, 3.05) is 13.7 Å². The van der Waals surface area contributed by atoms with Crippen LogP contribution in [0, 0.1) is 0 Å². The highest BCUT2D eigenvalue weighted by molar-refractivity contribution is 5.50. The Balaban J connectivity index is 2.04. The normalized spacial score (nSPS) is 16.1. The molecule has 0 amide bonds. The van der Waals surface area contributed by atoms with Gasteiger partial charge in [0.15, 0.2) is 11.5 Å². The molecule has 0 radical (unpaired) electrons. The smallest absolute Gasteiger partial charge is 0.161 e. The van der Waals surface area contributed by atoms with E-state index >= 15 is 0 Å². The molecule has 0 spiro atoms. The Kier molecular flexibility index (Phi) is 3.87. The Morgan fingerprint density at radius 1 is 0.952 bits per heavy atom. The van der Waals surface area contributed by atoms with Crippen molar-refractivity contribution in [1.29, 1.82) is 0 Å². The maximum absolute atomic E-state index is 5.74. The molecule has 2 aromatic rings. The molecule has 3 rings (SSSR count). The Morgan fingerprint density at radius 2 is 1.71 bits per heavy atom. The molecule has 21 heavy (non-hydrogen) atoms. The maximum atomic E-state index is 5.74. The fourth-order valence-corrected chi connectivity index (χ4v) is 3.27. The average molecular weight is 282 g/mol. The summed E-state index contributed by atoms with van der Waals surface area (Å²) in [6.45, 7) is 2.65. The van der Waals surface area contributed by atoms with Crippen LogP contribution in [0.3, 0.4) is 0 Å². The molecule has 1 aliphatic carbocycles. The van der Waals surface area contributed by atoms with E-state index in [1.54, 1.807) is 7.11 Å². The van der Waals surface area contributed by atoms with Crippen molar-refractivity contribution >= 4 is 0 Å². The van der Waals surface area contributed by atoms with Gasteiger partial charge in [-0.15, -0.1) is 0 Å². The summed E-state index contributed by atoms with van der Waals surface area (Å²) >= 11 is 0. The fraction of sp³-hybridized carbons (Fsp3) is 0.368. The van der Waals surface area contributed by atoms with Gasteiger partial charge in [-0.2, -0.15) is 0 Å². The molecule has 0 saturated heterocycles. The van der Waals surface area contributed by atoms with E-state index in [2.05, 4.69) is 42.5 Å². The number of benzene rings is 2. The third-order valence-corrected chi connectivity index (χ3v) is 4.55. The van der Waals surface area contributed by atoms with Gasteiger partial charge in [-0.3, -0.25) is 0 Å². The molecule has 1 fully saturated rings. The number of ether oxygens (including phenoxy) is 2. The van der Waals surface area contributed by atoms with Crippen molar-refractivity contribution in [1.82, 2.24) is 0 Å². The molecule has 0 heterocycles. The minimum absolute atomic E-state index is 0.152. The SMILES string of the molecule is CCOc1cc(C2(c3ccccc3)CCC2)ccc1OC. The summed E-state index contributed by atoms with van der Waals surface area (Å²) in [6, 6.07) is 17.2. The third kappa shape index (κ3) is 2.39. The highest BCUT2D eigenvalue weighted by atomic mass is 16.5. The van der Waals surface area contributed by atoms with Crippen molar-refractivity contribution in [3.05, 3.63) is 59.7 Å². The van der Waals surface area contributed by atoms with Crippen LogP contribution in [-0.2, 0) is 5.41 Å². The van der Waals surface area contributed by atoms with Crippen molar-refractivity contribution in [2.45, 2.75) is 31.6 Å². The van der Waals surface area contributed by atoms with Crippen LogP contribution in [0.1, 0.15) is 37.3 Å². The monoisotopic (exact) mass is 282 g/mol. The maximum Gasteiger partial charge on any atom is 0.161 e. The molecule has 0 bridgehead atoms. The second-order valence-electron chi connectivity index (χ2n) is 5.60. The molecule has 2 aromatic carbocycles. The highest BCUT2D eigenvalue weighted by Gasteiger charge is 2.40. The van der Waals surface area contributed by atoms with Gasteiger partial charge in [-0.05, 0) is 43.0 Å². The third-order valence-electron chi connectivity index (χ3n) is 4.55. The molecule has 1 saturated carbocycles. The Bertz CT molecular complexity index is 600. The lowest BCUT2D eigenvalue weighted by atomic mass is 9.60. The molecular formula is C19H22O2. The zero-order valence-corrected chi connectivity index (χ0v) is 12.8. The highest BCUT2D eigenvalue weighted by Crippen LogP contribution is 2.50. The summed E-state index contributed by atoms with van der Waals surface area (Å²) in [5.74, 6) is 1.66. The molecule has 2 heteroatoms. The van der Waals surface area contributed by atoms with E-state index in [9.17, 15) is 0 Å². The van der Waals surface area contributed by atoms with Crippen molar-refractivity contribution < 1.29 is 9.47 Å². The van der Waals surface area contributed by atoms with E-state index in [1.807, 2.05) is 13.0 Å². The van der Waals surface area contributed by atoms with Gasteiger partial charge in [0.25, 0.3) is 0 Å². The van der Waals surface area contributed by atoms with Gasteiger partial charge in [-0.25, -0.2) is 0 Å². The first-order chi connectivity index (χ1) is 10.3. The second kappa shape index (κ2) is 5.80. The topological polar surface area (TPSA) is 18.5 Å². The van der Waals surface area contributed by atoms with Gasteiger partial charge in [-0.1, -0.05) is 42.8 Å². The number of methoxy groups -OCH3 is 1. The molecule has 0 unspecified atom stereocenters. The van der Waals surface area contributed by atoms with E-state index in [-0.39, 0.29) is 5.41 Å². The quantitative estimate of drug-likeness (QED) is 0.800. The van der Waals surface area contributed by atoms with Gasteiger partial charge >= 0.3 is 0 Å². The van der Waals surface area contributed by atoms with Crippen molar-refractivity contribution in [3.8, 4) is 11.5 Å². The predicted octanol–water partition coefficient (Wildman–Crippen LogP) is 4.56. The standard InChI is InChI=1S/C19H22O2/c1-3-21-18-14-16(10-11-17(18)20-2)19(12-7-13-19)15-8-5-4-6-9-15/h4-6,8-11,14H,3,7,12-13H2,1-2H3. The van der Waals surface area contributed by atoms with Crippen LogP contribution >= 0.6 is 0 Å². The van der Waals surface area contributed by atoms with Crippen LogP contribution < -0.4 is 9.47 Å². The van der Waals surface area contributed by atoms with Crippen LogP contribution in [-0.4, -0.2) is 13.7 Å². The Hall–Kier alpha value is -1.96. The lowest BCUT2D eigenvalue weighted by Gasteiger charge is -2.43. The zero-order chi connectivity index (χ0) is 14.7. The lowest BCUT2D eigenvalue weighted by molar-refractivity contribution is 0.291. The van der Waals surface area contributed by atoms with E-state index in [0.717, 1.165) is 11.5 Å². The van der Waals surface area contributed by atoms with Crippen LogP contribution in [0.25, 0.3) is 0 Å². The predicted molar refractivity (Wildman–Crippen MR) is 85.2 cm³/mol. The summed E-state index contributed by atoms with van der Waals surface area (Å²) in [4.78, 5) is 0. The molecule has 2 nitrogen and oxygen atoms in total. The second-order valence-corrected chi connectivity index (χ2v) is 5.60. The van der Waals surface area contributed by atoms with E-state index in [4.69, 9.17) is 9.47 Å². The largest absolute Gasteiger partial charge is 0.493 e. The van der Waals surface area contributed by atoms with Gasteiger partial charge in [0.2, 0.25) is 0 Å². The van der Waals surface area contributed by atoms with Crippen molar-refractivity contribution in [2.24, 2.45) is 0 Å². The Labute approximate surface area is 126 Å². The summed E-state index contributed by atoms with van der Waals surface area (Å²) < 4.78 is 11.1. The first-order valence-corrected chi connectivity index (χ1v) is 7.67. The van der Waals surface area contributed by atoms with Crippen molar-refractivity contribution in [3.63, 3.8) is 0 Å². The van der Waals surface area contributed by atoms with Gasteiger partial charge < -0.3 is 9.47 Å². The van der Waals surface area contributed by atoms with Crippen LogP contribution in [0.5, 0.6) is 11.5 Å².